The molecule has 0 saturated heterocycles. The lowest BCUT2D eigenvalue weighted by Gasteiger charge is -2.13. The second-order valence-corrected chi connectivity index (χ2v) is 7.02. The van der Waals surface area contributed by atoms with E-state index in [0.29, 0.717) is 18.4 Å². The van der Waals surface area contributed by atoms with Crippen molar-refractivity contribution in [1.29, 1.82) is 0 Å². The summed E-state index contributed by atoms with van der Waals surface area (Å²) in [6.07, 6.45) is 6.79. The molecule has 2 aromatic rings. The van der Waals surface area contributed by atoms with Crippen LogP contribution in [-0.4, -0.2) is 25.7 Å². The average molecular weight is 316 g/mol. The van der Waals surface area contributed by atoms with Crippen molar-refractivity contribution in [3.63, 3.8) is 0 Å². The first-order chi connectivity index (χ1) is 11.0. The van der Waals surface area contributed by atoms with Crippen molar-refractivity contribution in [2.24, 2.45) is 0 Å². The van der Waals surface area contributed by atoms with Crippen LogP contribution in [0.2, 0.25) is 0 Å². The lowest BCUT2D eigenvalue weighted by molar-refractivity contribution is 0.0816. The number of aryl methyl sites for hydroxylation is 2. The summed E-state index contributed by atoms with van der Waals surface area (Å²) in [6, 6.07) is 0. The van der Waals surface area contributed by atoms with Gasteiger partial charge in [-0.3, -0.25) is 0 Å². The van der Waals surface area contributed by atoms with Gasteiger partial charge >= 0.3 is 0 Å². The highest BCUT2D eigenvalue weighted by Crippen LogP contribution is 2.19. The molecule has 0 spiro atoms. The molecule has 0 aliphatic carbocycles. The van der Waals surface area contributed by atoms with Crippen molar-refractivity contribution in [1.82, 2.24) is 19.1 Å². The molecule has 5 nitrogen and oxygen atoms in total. The highest BCUT2D eigenvalue weighted by Gasteiger charge is 2.15. The molecule has 0 radical (unpaired) electrons. The van der Waals surface area contributed by atoms with Crippen LogP contribution in [0.4, 0.5) is 0 Å². The SMILES string of the molecule is CC(C)c1cn2c(n1)CCC2.CC(C)c1cn2c(n1)COCC2. The smallest absolute Gasteiger partial charge is 0.135 e. The molecule has 5 heteroatoms. The maximum atomic E-state index is 5.31. The Morgan fingerprint density at radius 2 is 1.52 bits per heavy atom. The maximum absolute atomic E-state index is 5.31. The average Bonchev–Trinajstić information content (AvgIpc) is 3.21. The highest BCUT2D eigenvalue weighted by molar-refractivity contribution is 5.10. The zero-order valence-electron chi connectivity index (χ0n) is 14.7. The van der Waals surface area contributed by atoms with Gasteiger partial charge in [0.15, 0.2) is 0 Å². The molecule has 23 heavy (non-hydrogen) atoms. The number of ether oxygens (including phenoxy) is 1. The zero-order valence-corrected chi connectivity index (χ0v) is 14.7. The van der Waals surface area contributed by atoms with E-state index in [-0.39, 0.29) is 0 Å². The highest BCUT2D eigenvalue weighted by atomic mass is 16.5. The Kier molecular flexibility index (Phi) is 4.85. The number of fused-ring (bicyclic) bond motifs is 2. The molecule has 4 heterocycles. The Bertz CT molecular complexity index is 609. The Morgan fingerprint density at radius 1 is 0.913 bits per heavy atom. The second-order valence-electron chi connectivity index (χ2n) is 7.02. The molecule has 2 aliphatic rings. The van der Waals surface area contributed by atoms with Crippen molar-refractivity contribution in [2.45, 2.75) is 72.1 Å². The molecule has 0 fully saturated rings. The van der Waals surface area contributed by atoms with E-state index in [0.717, 1.165) is 19.0 Å². The maximum Gasteiger partial charge on any atom is 0.135 e. The van der Waals surface area contributed by atoms with Gasteiger partial charge in [0, 0.05) is 31.9 Å². The van der Waals surface area contributed by atoms with Gasteiger partial charge in [-0.25, -0.2) is 9.97 Å². The Hall–Kier alpha value is -1.62. The molecule has 0 N–H and O–H groups in total. The molecule has 0 unspecified atom stereocenters. The van der Waals surface area contributed by atoms with Gasteiger partial charge in [-0.05, 0) is 18.3 Å². The third-order valence-corrected chi connectivity index (χ3v) is 4.45. The minimum atomic E-state index is 0.517. The van der Waals surface area contributed by atoms with E-state index >= 15 is 0 Å². The lowest BCUT2D eigenvalue weighted by Crippen LogP contribution is -2.15. The molecule has 0 bridgehead atoms. The molecular formula is C18H28N4O. The molecule has 2 aromatic heterocycles. The number of rotatable bonds is 2. The minimum absolute atomic E-state index is 0.517. The Balaban J connectivity index is 0.000000136. The second kappa shape index (κ2) is 6.87. The molecule has 2 aliphatic heterocycles. The zero-order chi connectivity index (χ0) is 16.4. The third kappa shape index (κ3) is 3.66. The van der Waals surface area contributed by atoms with E-state index in [4.69, 9.17) is 4.74 Å². The van der Waals surface area contributed by atoms with Crippen LogP contribution in [0.3, 0.4) is 0 Å². The van der Waals surface area contributed by atoms with E-state index in [1.807, 2.05) is 0 Å². The van der Waals surface area contributed by atoms with Gasteiger partial charge in [0.05, 0.1) is 18.0 Å². The van der Waals surface area contributed by atoms with Crippen molar-refractivity contribution in [2.75, 3.05) is 6.61 Å². The van der Waals surface area contributed by atoms with Gasteiger partial charge in [-0.15, -0.1) is 0 Å². The van der Waals surface area contributed by atoms with Crippen LogP contribution in [0.15, 0.2) is 12.4 Å². The summed E-state index contributed by atoms with van der Waals surface area (Å²) in [5.74, 6) is 3.45. The summed E-state index contributed by atoms with van der Waals surface area (Å²) in [6.45, 7) is 12.3. The Morgan fingerprint density at radius 3 is 2.09 bits per heavy atom. The number of hydrogen-bond donors (Lipinski definition) is 0. The topological polar surface area (TPSA) is 44.9 Å². The third-order valence-electron chi connectivity index (χ3n) is 4.45. The molecule has 0 aromatic carbocycles. The number of hydrogen-bond acceptors (Lipinski definition) is 3. The fourth-order valence-corrected chi connectivity index (χ4v) is 2.94. The van der Waals surface area contributed by atoms with E-state index in [1.54, 1.807) is 0 Å². The lowest BCUT2D eigenvalue weighted by atomic mass is 10.1. The van der Waals surface area contributed by atoms with Crippen LogP contribution in [0, 0.1) is 0 Å². The standard InChI is InChI=1S/C9H14N2O.C9H14N2/c1-7(2)8-5-11-3-4-12-6-9(11)10-8;1-7(2)8-6-11-5-3-4-9(11)10-8/h5,7H,3-4,6H2,1-2H3;6-7H,3-5H2,1-2H3. The molecule has 0 saturated carbocycles. The number of nitrogens with zero attached hydrogens (tertiary/aromatic N) is 4. The largest absolute Gasteiger partial charge is 0.372 e. The first kappa shape index (κ1) is 16.2. The molecule has 0 amide bonds. The van der Waals surface area contributed by atoms with E-state index in [2.05, 4.69) is 59.2 Å². The Labute approximate surface area is 138 Å². The van der Waals surface area contributed by atoms with Crippen LogP contribution < -0.4 is 0 Å². The predicted molar refractivity (Wildman–Crippen MR) is 90.6 cm³/mol. The van der Waals surface area contributed by atoms with E-state index in [1.165, 1.54) is 36.6 Å². The first-order valence-corrected chi connectivity index (χ1v) is 8.74. The van der Waals surface area contributed by atoms with Gasteiger partial charge in [-0.2, -0.15) is 0 Å². The summed E-state index contributed by atoms with van der Waals surface area (Å²) in [7, 11) is 0. The summed E-state index contributed by atoms with van der Waals surface area (Å²) in [5.41, 5.74) is 2.43. The molecule has 0 atom stereocenters. The van der Waals surface area contributed by atoms with E-state index < -0.39 is 0 Å². The van der Waals surface area contributed by atoms with Crippen molar-refractivity contribution in [3.05, 3.63) is 35.4 Å². The summed E-state index contributed by atoms with van der Waals surface area (Å²) in [4.78, 5) is 9.04. The number of aromatic nitrogens is 4. The fourth-order valence-electron chi connectivity index (χ4n) is 2.94. The predicted octanol–water partition coefficient (Wildman–Crippen LogP) is 3.49. The van der Waals surface area contributed by atoms with Crippen LogP contribution in [0.25, 0.3) is 0 Å². The van der Waals surface area contributed by atoms with Gasteiger partial charge < -0.3 is 13.9 Å². The normalized spacial score (nSPS) is 16.3. The summed E-state index contributed by atoms with van der Waals surface area (Å²) >= 11 is 0. The van der Waals surface area contributed by atoms with Gasteiger partial charge in [0.2, 0.25) is 0 Å². The van der Waals surface area contributed by atoms with Crippen molar-refractivity contribution < 1.29 is 4.74 Å². The summed E-state index contributed by atoms with van der Waals surface area (Å²) in [5, 5.41) is 0. The van der Waals surface area contributed by atoms with Crippen LogP contribution in [0.1, 0.15) is 69.0 Å². The summed E-state index contributed by atoms with van der Waals surface area (Å²) < 4.78 is 9.79. The molecule has 126 valence electrons. The van der Waals surface area contributed by atoms with Gasteiger partial charge in [0.1, 0.15) is 18.3 Å². The van der Waals surface area contributed by atoms with Crippen LogP contribution in [0.5, 0.6) is 0 Å². The fraction of sp³-hybridized carbons (Fsp3) is 0.667. The number of imidazole rings is 2. The van der Waals surface area contributed by atoms with Crippen LogP contribution in [-0.2, 0) is 30.9 Å². The van der Waals surface area contributed by atoms with Crippen LogP contribution >= 0.6 is 0 Å². The van der Waals surface area contributed by atoms with Gasteiger partial charge in [-0.1, -0.05) is 27.7 Å². The quantitative estimate of drug-likeness (QED) is 0.852. The molecule has 4 rings (SSSR count). The monoisotopic (exact) mass is 316 g/mol. The minimum Gasteiger partial charge on any atom is -0.372 e. The van der Waals surface area contributed by atoms with Gasteiger partial charge in [0.25, 0.3) is 0 Å². The van der Waals surface area contributed by atoms with E-state index in [9.17, 15) is 0 Å². The van der Waals surface area contributed by atoms with Crippen molar-refractivity contribution >= 4 is 0 Å². The first-order valence-electron chi connectivity index (χ1n) is 8.74. The van der Waals surface area contributed by atoms with Crippen molar-refractivity contribution in [3.8, 4) is 0 Å². The molecular weight excluding hydrogens is 288 g/mol.